The van der Waals surface area contributed by atoms with Crippen molar-refractivity contribution in [2.24, 2.45) is 5.41 Å². The third-order valence-corrected chi connectivity index (χ3v) is 2.57. The largest absolute Gasteiger partial charge is 0.355 e. The van der Waals surface area contributed by atoms with E-state index in [1.165, 1.54) is 0 Å². The Labute approximate surface area is 84.7 Å². The molecule has 1 aliphatic rings. The second-order valence-electron chi connectivity index (χ2n) is 3.89. The molecule has 0 spiro atoms. The van der Waals surface area contributed by atoms with E-state index in [1.807, 2.05) is 6.92 Å². The minimum Gasteiger partial charge on any atom is -0.355 e. The lowest BCUT2D eigenvalue weighted by Crippen LogP contribution is -2.36. The molecule has 1 rings (SSSR count). The Morgan fingerprint density at radius 3 is 2.79 bits per heavy atom. The van der Waals surface area contributed by atoms with Crippen molar-refractivity contribution in [3.63, 3.8) is 0 Å². The maximum atomic E-state index is 11.1. The molecule has 0 aliphatic heterocycles. The zero-order valence-electron chi connectivity index (χ0n) is 8.60. The van der Waals surface area contributed by atoms with Crippen molar-refractivity contribution in [2.75, 3.05) is 19.6 Å². The van der Waals surface area contributed by atoms with Crippen LogP contribution in [0.1, 0.15) is 26.2 Å². The minimum atomic E-state index is 0.0280. The van der Waals surface area contributed by atoms with Crippen molar-refractivity contribution in [3.8, 4) is 6.07 Å². The first kappa shape index (κ1) is 11.0. The van der Waals surface area contributed by atoms with Crippen LogP contribution < -0.4 is 10.6 Å². The fourth-order valence-corrected chi connectivity index (χ4v) is 1.46. The summed E-state index contributed by atoms with van der Waals surface area (Å²) in [4.78, 5) is 11.1. The van der Waals surface area contributed by atoms with Gasteiger partial charge in [-0.25, -0.2) is 0 Å². The van der Waals surface area contributed by atoms with E-state index in [0.717, 1.165) is 19.4 Å². The number of rotatable bonds is 6. The van der Waals surface area contributed by atoms with Crippen LogP contribution in [0, 0.1) is 16.7 Å². The molecule has 0 bridgehead atoms. The Morgan fingerprint density at radius 2 is 2.29 bits per heavy atom. The normalized spacial score (nSPS) is 17.1. The Kier molecular flexibility index (Phi) is 3.90. The Morgan fingerprint density at radius 1 is 1.57 bits per heavy atom. The van der Waals surface area contributed by atoms with E-state index in [2.05, 4.69) is 16.7 Å². The molecule has 0 radical (unpaired) electrons. The molecule has 0 aromatic heterocycles. The lowest BCUT2D eigenvalue weighted by molar-refractivity contribution is -0.120. The summed E-state index contributed by atoms with van der Waals surface area (Å²) in [6, 6.07) is 2.19. The van der Waals surface area contributed by atoms with Crippen LogP contribution in [0.3, 0.4) is 0 Å². The van der Waals surface area contributed by atoms with E-state index in [4.69, 9.17) is 5.26 Å². The molecule has 2 N–H and O–H groups in total. The van der Waals surface area contributed by atoms with E-state index < -0.39 is 0 Å². The number of nitriles is 1. The van der Waals surface area contributed by atoms with Crippen LogP contribution in [0.5, 0.6) is 0 Å². The highest BCUT2D eigenvalue weighted by Gasteiger charge is 2.41. The summed E-state index contributed by atoms with van der Waals surface area (Å²) < 4.78 is 0. The number of hydrogen-bond acceptors (Lipinski definition) is 3. The van der Waals surface area contributed by atoms with Crippen LogP contribution in [0.15, 0.2) is 0 Å². The van der Waals surface area contributed by atoms with E-state index in [-0.39, 0.29) is 11.3 Å². The molecule has 1 amide bonds. The van der Waals surface area contributed by atoms with Crippen LogP contribution in [0.4, 0.5) is 0 Å². The van der Waals surface area contributed by atoms with Crippen LogP contribution in [0.2, 0.25) is 0 Å². The molecule has 0 saturated heterocycles. The topological polar surface area (TPSA) is 64.9 Å². The number of carbonyl (C=O) groups is 1. The van der Waals surface area contributed by atoms with E-state index in [9.17, 15) is 4.79 Å². The second kappa shape index (κ2) is 4.97. The average molecular weight is 195 g/mol. The first-order chi connectivity index (χ1) is 6.72. The molecular weight excluding hydrogens is 178 g/mol. The lowest BCUT2D eigenvalue weighted by Gasteiger charge is -2.11. The SMILES string of the molecule is CCNC(=O)CNCC1(CC#N)CC1. The van der Waals surface area contributed by atoms with Crippen molar-refractivity contribution in [3.05, 3.63) is 0 Å². The summed E-state index contributed by atoms with van der Waals surface area (Å²) >= 11 is 0. The zero-order valence-corrected chi connectivity index (χ0v) is 8.60. The molecule has 1 aliphatic carbocycles. The maximum Gasteiger partial charge on any atom is 0.233 e. The summed E-state index contributed by atoms with van der Waals surface area (Å²) in [7, 11) is 0. The highest BCUT2D eigenvalue weighted by molar-refractivity contribution is 5.77. The molecule has 4 nitrogen and oxygen atoms in total. The predicted molar refractivity (Wildman–Crippen MR) is 53.5 cm³/mol. The minimum absolute atomic E-state index is 0.0280. The van der Waals surface area contributed by atoms with Gasteiger partial charge in [0.1, 0.15) is 0 Å². The van der Waals surface area contributed by atoms with Crippen LogP contribution in [-0.2, 0) is 4.79 Å². The van der Waals surface area contributed by atoms with Gasteiger partial charge in [-0.3, -0.25) is 4.79 Å². The van der Waals surface area contributed by atoms with Crippen molar-refractivity contribution in [1.82, 2.24) is 10.6 Å². The quantitative estimate of drug-likeness (QED) is 0.645. The first-order valence-corrected chi connectivity index (χ1v) is 5.07. The number of nitrogens with one attached hydrogen (secondary N) is 2. The molecule has 0 unspecified atom stereocenters. The van der Waals surface area contributed by atoms with Gasteiger partial charge < -0.3 is 10.6 Å². The summed E-state index contributed by atoms with van der Waals surface area (Å²) in [5.74, 6) is 0.0280. The molecule has 4 heteroatoms. The molecule has 1 fully saturated rings. The number of nitrogens with zero attached hydrogens (tertiary/aromatic N) is 1. The number of hydrogen-bond donors (Lipinski definition) is 2. The Bertz CT molecular complexity index is 240. The lowest BCUT2D eigenvalue weighted by atomic mass is 10.0. The van der Waals surface area contributed by atoms with Gasteiger partial charge in [0.15, 0.2) is 0 Å². The highest BCUT2D eigenvalue weighted by atomic mass is 16.1. The van der Waals surface area contributed by atoms with Gasteiger partial charge in [0.2, 0.25) is 5.91 Å². The van der Waals surface area contributed by atoms with Crippen LogP contribution >= 0.6 is 0 Å². The number of carbonyl (C=O) groups excluding carboxylic acids is 1. The summed E-state index contributed by atoms with van der Waals surface area (Å²) in [5, 5.41) is 14.4. The monoisotopic (exact) mass is 195 g/mol. The molecular formula is C10H17N3O. The molecule has 14 heavy (non-hydrogen) atoms. The van der Waals surface area contributed by atoms with Gasteiger partial charge in [0.25, 0.3) is 0 Å². The molecule has 0 heterocycles. The highest BCUT2D eigenvalue weighted by Crippen LogP contribution is 2.47. The van der Waals surface area contributed by atoms with Crippen LogP contribution in [0.25, 0.3) is 0 Å². The van der Waals surface area contributed by atoms with E-state index >= 15 is 0 Å². The smallest absolute Gasteiger partial charge is 0.233 e. The van der Waals surface area contributed by atoms with Gasteiger partial charge >= 0.3 is 0 Å². The summed E-state index contributed by atoms with van der Waals surface area (Å²) in [5.41, 5.74) is 0.182. The Hall–Kier alpha value is -1.08. The van der Waals surface area contributed by atoms with Crippen molar-refractivity contribution < 1.29 is 4.79 Å². The molecule has 0 atom stereocenters. The average Bonchev–Trinajstić information content (AvgIpc) is 2.86. The van der Waals surface area contributed by atoms with Crippen molar-refractivity contribution in [2.45, 2.75) is 26.2 Å². The van der Waals surface area contributed by atoms with E-state index in [1.54, 1.807) is 0 Å². The van der Waals surface area contributed by atoms with Gasteiger partial charge in [-0.15, -0.1) is 0 Å². The zero-order chi connectivity index (χ0) is 10.4. The van der Waals surface area contributed by atoms with Gasteiger partial charge in [-0.05, 0) is 25.2 Å². The fourth-order valence-electron chi connectivity index (χ4n) is 1.46. The second-order valence-corrected chi connectivity index (χ2v) is 3.89. The molecule has 1 saturated carbocycles. The standard InChI is InChI=1S/C10H17N3O/c1-2-13-9(14)7-12-8-10(3-4-10)5-6-11/h12H,2-5,7-8H2,1H3,(H,13,14). The Balaban J connectivity index is 2.10. The van der Waals surface area contributed by atoms with Crippen molar-refractivity contribution in [1.29, 1.82) is 5.26 Å². The van der Waals surface area contributed by atoms with Gasteiger partial charge in [0.05, 0.1) is 12.6 Å². The number of likely N-dealkylation sites (N-methyl/N-ethyl adjacent to an activating group) is 1. The van der Waals surface area contributed by atoms with Gasteiger partial charge in [0, 0.05) is 19.5 Å². The fraction of sp³-hybridized carbons (Fsp3) is 0.800. The number of amides is 1. The third-order valence-electron chi connectivity index (χ3n) is 2.57. The first-order valence-electron chi connectivity index (χ1n) is 5.07. The van der Waals surface area contributed by atoms with Crippen molar-refractivity contribution >= 4 is 5.91 Å². The van der Waals surface area contributed by atoms with Gasteiger partial charge in [-0.1, -0.05) is 0 Å². The molecule has 78 valence electrons. The molecule has 0 aromatic carbocycles. The van der Waals surface area contributed by atoms with Gasteiger partial charge in [-0.2, -0.15) is 5.26 Å². The van der Waals surface area contributed by atoms with E-state index in [0.29, 0.717) is 19.5 Å². The third kappa shape index (κ3) is 3.35. The predicted octanol–water partition coefficient (Wildman–Crippen LogP) is 0.406. The summed E-state index contributed by atoms with van der Waals surface area (Å²) in [6.45, 7) is 3.72. The molecule has 0 aromatic rings. The van der Waals surface area contributed by atoms with Crippen LogP contribution in [-0.4, -0.2) is 25.5 Å². The summed E-state index contributed by atoms with van der Waals surface area (Å²) in [6.07, 6.45) is 2.83. The maximum absolute atomic E-state index is 11.1.